The first-order chi connectivity index (χ1) is 8.17. The molecule has 1 aromatic carbocycles. The lowest BCUT2D eigenvalue weighted by Crippen LogP contribution is -2.01. The Hall–Kier alpha value is -0.890. The van der Waals surface area contributed by atoms with Gasteiger partial charge in [0.25, 0.3) is 0 Å². The Labute approximate surface area is 109 Å². The molecule has 0 spiro atoms. The summed E-state index contributed by atoms with van der Waals surface area (Å²) in [6, 6.07) is 5.75. The molecule has 0 N–H and O–H groups in total. The van der Waals surface area contributed by atoms with Crippen LogP contribution < -0.4 is 9.47 Å². The third kappa shape index (κ3) is 4.86. The Morgan fingerprint density at radius 2 is 2.06 bits per heavy atom. The average molecular weight is 257 g/mol. The highest BCUT2D eigenvalue weighted by molar-refractivity contribution is 6.17. The highest BCUT2D eigenvalue weighted by Gasteiger charge is 2.05. The minimum atomic E-state index is 0.462. The third-order valence-corrected chi connectivity index (χ3v) is 2.89. The van der Waals surface area contributed by atoms with Crippen molar-refractivity contribution >= 4 is 11.6 Å². The van der Waals surface area contributed by atoms with Gasteiger partial charge in [0.2, 0.25) is 0 Å². The molecule has 0 fully saturated rings. The molecule has 0 aromatic heterocycles. The SMILES string of the molecule is COc1ccc(CCl)c(OCCCC(C)C)c1. The van der Waals surface area contributed by atoms with Crippen molar-refractivity contribution in [3.63, 3.8) is 0 Å². The second-order valence-electron chi connectivity index (χ2n) is 4.49. The van der Waals surface area contributed by atoms with E-state index in [1.165, 1.54) is 6.42 Å². The largest absolute Gasteiger partial charge is 0.497 e. The number of alkyl halides is 1. The van der Waals surface area contributed by atoms with E-state index in [0.717, 1.165) is 36.0 Å². The summed E-state index contributed by atoms with van der Waals surface area (Å²) in [7, 11) is 1.65. The van der Waals surface area contributed by atoms with E-state index in [1.54, 1.807) is 7.11 Å². The molecular weight excluding hydrogens is 236 g/mol. The van der Waals surface area contributed by atoms with Gasteiger partial charge >= 0.3 is 0 Å². The van der Waals surface area contributed by atoms with Crippen LogP contribution in [0.25, 0.3) is 0 Å². The maximum Gasteiger partial charge on any atom is 0.127 e. The first-order valence-corrected chi connectivity index (χ1v) is 6.56. The lowest BCUT2D eigenvalue weighted by molar-refractivity contribution is 0.293. The molecular formula is C14H21ClO2. The zero-order valence-corrected chi connectivity index (χ0v) is 11.6. The molecule has 2 nitrogen and oxygen atoms in total. The zero-order chi connectivity index (χ0) is 12.7. The second-order valence-corrected chi connectivity index (χ2v) is 4.76. The van der Waals surface area contributed by atoms with E-state index in [9.17, 15) is 0 Å². The summed E-state index contributed by atoms with van der Waals surface area (Å²) in [5, 5.41) is 0. The van der Waals surface area contributed by atoms with Gasteiger partial charge in [-0.3, -0.25) is 0 Å². The number of rotatable bonds is 7. The van der Waals surface area contributed by atoms with Crippen molar-refractivity contribution < 1.29 is 9.47 Å². The van der Waals surface area contributed by atoms with Crippen molar-refractivity contribution in [2.24, 2.45) is 5.92 Å². The summed E-state index contributed by atoms with van der Waals surface area (Å²) in [6.45, 7) is 5.17. The quantitative estimate of drug-likeness (QED) is 0.536. The molecule has 17 heavy (non-hydrogen) atoms. The molecule has 0 radical (unpaired) electrons. The molecule has 1 rings (SSSR count). The molecule has 1 aromatic rings. The fourth-order valence-electron chi connectivity index (χ4n) is 1.58. The lowest BCUT2D eigenvalue weighted by atomic mass is 10.1. The van der Waals surface area contributed by atoms with E-state index < -0.39 is 0 Å². The molecule has 0 saturated heterocycles. The molecule has 0 atom stereocenters. The van der Waals surface area contributed by atoms with Crippen molar-refractivity contribution in [3.05, 3.63) is 23.8 Å². The molecule has 96 valence electrons. The van der Waals surface area contributed by atoms with Gasteiger partial charge in [0.15, 0.2) is 0 Å². The van der Waals surface area contributed by atoms with Crippen LogP contribution in [0.4, 0.5) is 0 Å². The van der Waals surface area contributed by atoms with Gasteiger partial charge in [0.1, 0.15) is 11.5 Å². The Morgan fingerprint density at radius 1 is 1.29 bits per heavy atom. The number of methoxy groups -OCH3 is 1. The molecule has 0 unspecified atom stereocenters. The van der Waals surface area contributed by atoms with Gasteiger partial charge in [-0.25, -0.2) is 0 Å². The lowest BCUT2D eigenvalue weighted by Gasteiger charge is -2.12. The molecule has 0 aliphatic heterocycles. The Morgan fingerprint density at radius 3 is 2.65 bits per heavy atom. The van der Waals surface area contributed by atoms with Gasteiger partial charge in [0, 0.05) is 11.6 Å². The molecule has 3 heteroatoms. The monoisotopic (exact) mass is 256 g/mol. The Balaban J connectivity index is 2.55. The summed E-state index contributed by atoms with van der Waals surface area (Å²) in [6.07, 6.45) is 2.25. The highest BCUT2D eigenvalue weighted by atomic mass is 35.5. The van der Waals surface area contributed by atoms with E-state index in [-0.39, 0.29) is 0 Å². The van der Waals surface area contributed by atoms with Crippen molar-refractivity contribution in [2.45, 2.75) is 32.6 Å². The predicted molar refractivity (Wildman–Crippen MR) is 72.1 cm³/mol. The summed E-state index contributed by atoms with van der Waals surface area (Å²) in [5.41, 5.74) is 1.01. The first-order valence-electron chi connectivity index (χ1n) is 6.03. The van der Waals surface area contributed by atoms with Crippen LogP contribution in [0.3, 0.4) is 0 Å². The van der Waals surface area contributed by atoms with Crippen LogP contribution in [-0.2, 0) is 5.88 Å². The summed E-state index contributed by atoms with van der Waals surface area (Å²) in [5.74, 6) is 2.82. The summed E-state index contributed by atoms with van der Waals surface area (Å²) in [4.78, 5) is 0. The van der Waals surface area contributed by atoms with E-state index in [0.29, 0.717) is 5.88 Å². The minimum absolute atomic E-state index is 0.462. The first kappa shape index (κ1) is 14.2. The average Bonchev–Trinajstić information content (AvgIpc) is 2.34. The minimum Gasteiger partial charge on any atom is -0.497 e. The molecule has 0 aliphatic carbocycles. The zero-order valence-electron chi connectivity index (χ0n) is 10.8. The second kappa shape index (κ2) is 7.44. The molecule has 0 saturated carbocycles. The van der Waals surface area contributed by atoms with E-state index in [2.05, 4.69) is 13.8 Å². The molecule has 0 amide bonds. The van der Waals surface area contributed by atoms with Crippen molar-refractivity contribution in [3.8, 4) is 11.5 Å². The third-order valence-electron chi connectivity index (χ3n) is 2.60. The topological polar surface area (TPSA) is 18.5 Å². The Kier molecular flexibility index (Phi) is 6.20. The number of halogens is 1. The van der Waals surface area contributed by atoms with Crippen LogP contribution in [0.2, 0.25) is 0 Å². The van der Waals surface area contributed by atoms with Crippen LogP contribution in [-0.4, -0.2) is 13.7 Å². The predicted octanol–water partition coefficient (Wildman–Crippen LogP) is 4.25. The van der Waals surface area contributed by atoms with Gasteiger partial charge < -0.3 is 9.47 Å². The molecule has 0 bridgehead atoms. The summed E-state index contributed by atoms with van der Waals surface area (Å²) >= 11 is 5.87. The fraction of sp³-hybridized carbons (Fsp3) is 0.571. The van der Waals surface area contributed by atoms with Crippen molar-refractivity contribution in [1.29, 1.82) is 0 Å². The van der Waals surface area contributed by atoms with Gasteiger partial charge in [-0.2, -0.15) is 0 Å². The van der Waals surface area contributed by atoms with Crippen LogP contribution in [0.1, 0.15) is 32.3 Å². The van der Waals surface area contributed by atoms with E-state index in [1.807, 2.05) is 18.2 Å². The Bertz CT molecular complexity index is 337. The maximum atomic E-state index is 5.87. The molecule has 0 heterocycles. The van der Waals surface area contributed by atoms with E-state index >= 15 is 0 Å². The van der Waals surface area contributed by atoms with Crippen LogP contribution in [0.15, 0.2) is 18.2 Å². The van der Waals surface area contributed by atoms with Gasteiger partial charge in [0.05, 0.1) is 19.6 Å². The van der Waals surface area contributed by atoms with Crippen LogP contribution in [0.5, 0.6) is 11.5 Å². The van der Waals surface area contributed by atoms with Crippen molar-refractivity contribution in [1.82, 2.24) is 0 Å². The normalized spacial score (nSPS) is 10.6. The number of benzene rings is 1. The fourth-order valence-corrected chi connectivity index (χ4v) is 1.80. The van der Waals surface area contributed by atoms with Gasteiger partial charge in [-0.15, -0.1) is 11.6 Å². The van der Waals surface area contributed by atoms with Gasteiger partial charge in [-0.1, -0.05) is 19.9 Å². The van der Waals surface area contributed by atoms with E-state index in [4.69, 9.17) is 21.1 Å². The molecule has 0 aliphatic rings. The van der Waals surface area contributed by atoms with Crippen LogP contribution in [0, 0.1) is 5.92 Å². The number of ether oxygens (including phenoxy) is 2. The van der Waals surface area contributed by atoms with Gasteiger partial charge in [-0.05, 0) is 24.8 Å². The smallest absolute Gasteiger partial charge is 0.127 e. The number of hydrogen-bond donors (Lipinski definition) is 0. The highest BCUT2D eigenvalue weighted by Crippen LogP contribution is 2.26. The standard InChI is InChI=1S/C14H21ClO2/c1-11(2)5-4-8-17-14-9-13(16-3)7-6-12(14)10-15/h6-7,9,11H,4-5,8,10H2,1-3H3. The summed E-state index contributed by atoms with van der Waals surface area (Å²) < 4.78 is 10.9. The van der Waals surface area contributed by atoms with Crippen molar-refractivity contribution in [2.75, 3.05) is 13.7 Å². The van der Waals surface area contributed by atoms with Crippen LogP contribution >= 0.6 is 11.6 Å². The maximum absolute atomic E-state index is 5.87. The number of hydrogen-bond acceptors (Lipinski definition) is 2.